The molecule has 17 heavy (non-hydrogen) atoms. The van der Waals surface area contributed by atoms with E-state index < -0.39 is 0 Å². The lowest BCUT2D eigenvalue weighted by molar-refractivity contribution is 0.220. The average Bonchev–Trinajstić information content (AvgIpc) is 2.30. The van der Waals surface area contributed by atoms with Crippen LogP contribution in [-0.4, -0.2) is 36.1 Å². The first-order valence-corrected chi connectivity index (χ1v) is 6.50. The van der Waals surface area contributed by atoms with Gasteiger partial charge in [0.2, 0.25) is 0 Å². The minimum atomic E-state index is 0.581. The van der Waals surface area contributed by atoms with E-state index in [2.05, 4.69) is 48.2 Å². The summed E-state index contributed by atoms with van der Waals surface area (Å²) in [6, 6.07) is 6.80. The van der Waals surface area contributed by atoms with Crippen LogP contribution in [0.25, 0.3) is 0 Å². The Bertz CT molecular complexity index is 325. The van der Waals surface area contributed by atoms with Gasteiger partial charge in [0, 0.05) is 24.8 Å². The quantitative estimate of drug-likeness (QED) is 0.785. The van der Waals surface area contributed by atoms with Crippen LogP contribution in [0, 0.1) is 6.92 Å². The molecule has 1 heterocycles. The first-order chi connectivity index (χ1) is 8.17. The van der Waals surface area contributed by atoms with E-state index in [0.717, 1.165) is 37.4 Å². The van der Waals surface area contributed by atoms with Gasteiger partial charge in [0.1, 0.15) is 0 Å². The Morgan fingerprint density at radius 3 is 2.71 bits per heavy atom. The molecule has 3 nitrogen and oxygen atoms in total. The molecule has 0 bridgehead atoms. The average molecular weight is 235 g/mol. The molecule has 0 aliphatic carbocycles. The van der Waals surface area contributed by atoms with Gasteiger partial charge in [0.25, 0.3) is 0 Å². The molecular formula is C14H25N3. The molecule has 1 N–H and O–H groups in total. The Labute approximate surface area is 105 Å². The third-order valence-electron chi connectivity index (χ3n) is 3.08. The third-order valence-corrected chi connectivity index (χ3v) is 3.08. The van der Waals surface area contributed by atoms with Gasteiger partial charge in [-0.3, -0.25) is 9.88 Å². The molecule has 1 aromatic rings. The van der Waals surface area contributed by atoms with Crippen molar-refractivity contribution in [1.29, 1.82) is 0 Å². The van der Waals surface area contributed by atoms with Crippen LogP contribution >= 0.6 is 0 Å². The molecule has 1 atom stereocenters. The monoisotopic (exact) mass is 235 g/mol. The molecular weight excluding hydrogens is 210 g/mol. The Hall–Kier alpha value is -0.930. The Kier molecular flexibility index (Phi) is 6.16. The summed E-state index contributed by atoms with van der Waals surface area (Å²) in [5, 5.41) is 3.42. The molecule has 0 aliphatic heterocycles. The lowest BCUT2D eigenvalue weighted by Gasteiger charge is -2.27. The van der Waals surface area contributed by atoms with Crippen LogP contribution in [0.5, 0.6) is 0 Å². The minimum Gasteiger partial charge on any atom is -0.315 e. The fourth-order valence-electron chi connectivity index (χ4n) is 1.99. The third kappa shape index (κ3) is 4.84. The van der Waals surface area contributed by atoms with Crippen molar-refractivity contribution in [1.82, 2.24) is 15.2 Å². The van der Waals surface area contributed by atoms with Gasteiger partial charge in [-0.2, -0.15) is 0 Å². The lowest BCUT2D eigenvalue weighted by atomic mass is 10.2. The van der Waals surface area contributed by atoms with Crippen LogP contribution in [0.3, 0.4) is 0 Å². The zero-order chi connectivity index (χ0) is 12.7. The van der Waals surface area contributed by atoms with Gasteiger partial charge in [0.15, 0.2) is 0 Å². The van der Waals surface area contributed by atoms with Crippen molar-refractivity contribution >= 4 is 0 Å². The zero-order valence-corrected chi connectivity index (χ0v) is 11.5. The zero-order valence-electron chi connectivity index (χ0n) is 11.5. The van der Waals surface area contributed by atoms with Crippen molar-refractivity contribution in [3.8, 4) is 0 Å². The summed E-state index contributed by atoms with van der Waals surface area (Å²) in [6.45, 7) is 9.43. The summed E-state index contributed by atoms with van der Waals surface area (Å²) in [5.41, 5.74) is 2.25. The molecule has 96 valence electrons. The van der Waals surface area contributed by atoms with E-state index in [1.54, 1.807) is 0 Å². The summed E-state index contributed by atoms with van der Waals surface area (Å²) >= 11 is 0. The van der Waals surface area contributed by atoms with Crippen molar-refractivity contribution in [3.63, 3.8) is 0 Å². The van der Waals surface area contributed by atoms with Crippen LogP contribution in [0.4, 0.5) is 0 Å². The molecule has 0 radical (unpaired) electrons. The molecule has 0 amide bonds. The fourth-order valence-corrected chi connectivity index (χ4v) is 1.99. The van der Waals surface area contributed by atoms with Crippen molar-refractivity contribution in [2.75, 3.05) is 20.1 Å². The molecule has 0 aromatic carbocycles. The molecule has 0 saturated heterocycles. The summed E-state index contributed by atoms with van der Waals surface area (Å²) in [7, 11) is 2.18. The predicted molar refractivity (Wildman–Crippen MR) is 73.1 cm³/mol. The van der Waals surface area contributed by atoms with Gasteiger partial charge in [-0.15, -0.1) is 0 Å². The molecule has 3 heteroatoms. The SMILES string of the molecule is CCNCC(CC)N(C)Cc1cccc(C)n1. The highest BCUT2D eigenvalue weighted by atomic mass is 15.2. The van der Waals surface area contributed by atoms with Crippen molar-refractivity contribution in [2.45, 2.75) is 39.8 Å². The second-order valence-corrected chi connectivity index (χ2v) is 4.56. The van der Waals surface area contributed by atoms with Gasteiger partial charge in [-0.1, -0.05) is 19.9 Å². The largest absolute Gasteiger partial charge is 0.315 e. The molecule has 0 aliphatic rings. The Morgan fingerprint density at radius 2 is 2.12 bits per heavy atom. The minimum absolute atomic E-state index is 0.581. The summed E-state index contributed by atoms with van der Waals surface area (Å²) in [4.78, 5) is 6.93. The number of nitrogens with one attached hydrogen (secondary N) is 1. The maximum atomic E-state index is 4.55. The van der Waals surface area contributed by atoms with Crippen molar-refractivity contribution in [2.24, 2.45) is 0 Å². The summed E-state index contributed by atoms with van der Waals surface area (Å²) in [5.74, 6) is 0. The topological polar surface area (TPSA) is 28.2 Å². The van der Waals surface area contributed by atoms with Crippen molar-refractivity contribution < 1.29 is 0 Å². The van der Waals surface area contributed by atoms with E-state index in [1.807, 2.05) is 13.0 Å². The van der Waals surface area contributed by atoms with Gasteiger partial charge in [0.05, 0.1) is 5.69 Å². The van der Waals surface area contributed by atoms with Crippen LogP contribution in [0.2, 0.25) is 0 Å². The summed E-state index contributed by atoms with van der Waals surface area (Å²) < 4.78 is 0. The van der Waals surface area contributed by atoms with E-state index in [-0.39, 0.29) is 0 Å². The normalized spacial score (nSPS) is 13.0. The van der Waals surface area contributed by atoms with Crippen LogP contribution < -0.4 is 5.32 Å². The number of aromatic nitrogens is 1. The lowest BCUT2D eigenvalue weighted by Crippen LogP contribution is -2.39. The van der Waals surface area contributed by atoms with E-state index in [0.29, 0.717) is 6.04 Å². The van der Waals surface area contributed by atoms with Crippen molar-refractivity contribution in [3.05, 3.63) is 29.6 Å². The molecule has 0 fully saturated rings. The number of aryl methyl sites for hydroxylation is 1. The van der Waals surface area contributed by atoms with Crippen LogP contribution in [0.1, 0.15) is 31.7 Å². The number of likely N-dealkylation sites (N-methyl/N-ethyl adjacent to an activating group) is 2. The number of hydrogen-bond acceptors (Lipinski definition) is 3. The van der Waals surface area contributed by atoms with Gasteiger partial charge < -0.3 is 5.32 Å². The van der Waals surface area contributed by atoms with Crippen LogP contribution in [0.15, 0.2) is 18.2 Å². The number of pyridine rings is 1. The highest BCUT2D eigenvalue weighted by Crippen LogP contribution is 2.07. The van der Waals surface area contributed by atoms with Gasteiger partial charge >= 0.3 is 0 Å². The first kappa shape index (κ1) is 14.1. The maximum Gasteiger partial charge on any atom is 0.0547 e. The molecule has 1 unspecified atom stereocenters. The van der Waals surface area contributed by atoms with Gasteiger partial charge in [-0.25, -0.2) is 0 Å². The number of nitrogens with zero attached hydrogens (tertiary/aromatic N) is 2. The second-order valence-electron chi connectivity index (χ2n) is 4.56. The predicted octanol–water partition coefficient (Wildman–Crippen LogP) is 2.21. The number of rotatable bonds is 7. The second kappa shape index (κ2) is 7.41. The highest BCUT2D eigenvalue weighted by molar-refractivity contribution is 5.09. The molecule has 1 rings (SSSR count). The highest BCUT2D eigenvalue weighted by Gasteiger charge is 2.12. The van der Waals surface area contributed by atoms with Gasteiger partial charge in [-0.05, 0) is 39.1 Å². The molecule has 0 spiro atoms. The summed E-state index contributed by atoms with van der Waals surface area (Å²) in [6.07, 6.45) is 1.16. The van der Waals surface area contributed by atoms with E-state index in [4.69, 9.17) is 0 Å². The Morgan fingerprint density at radius 1 is 1.35 bits per heavy atom. The smallest absolute Gasteiger partial charge is 0.0547 e. The fraction of sp³-hybridized carbons (Fsp3) is 0.643. The van der Waals surface area contributed by atoms with Crippen LogP contribution in [-0.2, 0) is 6.54 Å². The molecule has 0 saturated carbocycles. The van der Waals surface area contributed by atoms with E-state index in [1.165, 1.54) is 0 Å². The first-order valence-electron chi connectivity index (χ1n) is 6.50. The standard InChI is InChI=1S/C14H25N3/c1-5-14(10-15-6-2)17(4)11-13-9-7-8-12(3)16-13/h7-9,14-15H,5-6,10-11H2,1-4H3. The number of hydrogen-bond donors (Lipinski definition) is 1. The van der Waals surface area contributed by atoms with E-state index in [9.17, 15) is 0 Å². The Balaban J connectivity index is 2.54. The molecule has 1 aromatic heterocycles. The van der Waals surface area contributed by atoms with E-state index >= 15 is 0 Å². The maximum absolute atomic E-state index is 4.55.